The van der Waals surface area contributed by atoms with Crippen molar-refractivity contribution in [1.29, 1.82) is 0 Å². The molecule has 0 aliphatic heterocycles. The minimum atomic E-state index is -0.580. The van der Waals surface area contributed by atoms with Crippen LogP contribution in [-0.2, 0) is 4.74 Å². The van der Waals surface area contributed by atoms with Gasteiger partial charge in [-0.1, -0.05) is 28.1 Å². The van der Waals surface area contributed by atoms with Crippen molar-refractivity contribution in [3.05, 3.63) is 57.8 Å². The van der Waals surface area contributed by atoms with Crippen LogP contribution in [0.15, 0.2) is 40.9 Å². The Balaban J connectivity index is 2.24. The summed E-state index contributed by atoms with van der Waals surface area (Å²) >= 11 is 3.35. The van der Waals surface area contributed by atoms with Crippen molar-refractivity contribution in [3.8, 4) is 0 Å². The van der Waals surface area contributed by atoms with Crippen molar-refractivity contribution < 1.29 is 14.3 Å². The number of carbonyl (C=O) groups excluding carboxylic acids is 2. The number of nitrogens with one attached hydrogen (secondary N) is 1. The van der Waals surface area contributed by atoms with Gasteiger partial charge in [-0.3, -0.25) is 4.79 Å². The third-order valence-electron chi connectivity index (χ3n) is 2.82. The van der Waals surface area contributed by atoms with Crippen LogP contribution in [0.5, 0.6) is 0 Å². The predicted molar refractivity (Wildman–Crippen MR) is 82.4 cm³/mol. The van der Waals surface area contributed by atoms with Crippen molar-refractivity contribution in [2.24, 2.45) is 0 Å². The zero-order chi connectivity index (χ0) is 15.4. The monoisotopic (exact) mass is 348 g/mol. The number of hydrogen-bond acceptors (Lipinski definition) is 4. The number of nitrogens with zero attached hydrogens (tertiary/aromatic N) is 1. The quantitative estimate of drug-likeness (QED) is 0.865. The van der Waals surface area contributed by atoms with E-state index in [9.17, 15) is 9.59 Å². The predicted octanol–water partition coefficient (Wildman–Crippen LogP) is 3.19. The smallest absolute Gasteiger partial charge is 0.356 e. The van der Waals surface area contributed by atoms with Crippen LogP contribution in [0.4, 0.5) is 5.69 Å². The van der Waals surface area contributed by atoms with E-state index in [4.69, 9.17) is 0 Å². The van der Waals surface area contributed by atoms with Crippen LogP contribution in [0.1, 0.15) is 26.5 Å². The molecule has 2 aromatic rings. The first-order chi connectivity index (χ1) is 10.0. The number of rotatable bonds is 3. The molecule has 0 aliphatic carbocycles. The molecular weight excluding hydrogens is 336 g/mol. The highest BCUT2D eigenvalue weighted by atomic mass is 79.9. The number of ether oxygens (including phenoxy) is 1. The molecule has 0 aliphatic rings. The van der Waals surface area contributed by atoms with Gasteiger partial charge >= 0.3 is 5.97 Å². The summed E-state index contributed by atoms with van der Waals surface area (Å²) in [7, 11) is 1.27. The molecule has 0 saturated carbocycles. The van der Waals surface area contributed by atoms with E-state index in [2.05, 4.69) is 31.0 Å². The summed E-state index contributed by atoms with van der Waals surface area (Å²) in [5, 5.41) is 2.77. The van der Waals surface area contributed by atoms with Crippen LogP contribution < -0.4 is 5.32 Å². The van der Waals surface area contributed by atoms with E-state index in [-0.39, 0.29) is 17.3 Å². The Morgan fingerprint density at radius 1 is 1.19 bits per heavy atom. The molecule has 1 N–H and O–H groups in total. The maximum atomic E-state index is 12.2. The number of aromatic nitrogens is 1. The van der Waals surface area contributed by atoms with Crippen molar-refractivity contribution in [2.75, 3.05) is 12.4 Å². The van der Waals surface area contributed by atoms with Gasteiger partial charge in [-0.15, -0.1) is 0 Å². The molecule has 21 heavy (non-hydrogen) atoms. The van der Waals surface area contributed by atoms with Crippen LogP contribution in [0.3, 0.4) is 0 Å². The molecule has 1 heterocycles. The lowest BCUT2D eigenvalue weighted by Crippen LogP contribution is -2.16. The Labute approximate surface area is 130 Å². The third-order valence-corrected chi connectivity index (χ3v) is 3.32. The molecule has 6 heteroatoms. The van der Waals surface area contributed by atoms with Crippen LogP contribution in [0, 0.1) is 6.92 Å². The number of amides is 1. The molecule has 1 aromatic carbocycles. The molecule has 2 rings (SSSR count). The maximum Gasteiger partial charge on any atom is 0.356 e. The van der Waals surface area contributed by atoms with Crippen LogP contribution >= 0.6 is 15.9 Å². The largest absolute Gasteiger partial charge is 0.464 e. The number of aryl methyl sites for hydroxylation is 1. The first kappa shape index (κ1) is 15.2. The molecule has 0 unspecified atom stereocenters. The Morgan fingerprint density at radius 2 is 1.90 bits per heavy atom. The topological polar surface area (TPSA) is 68.3 Å². The van der Waals surface area contributed by atoms with Gasteiger partial charge < -0.3 is 10.1 Å². The lowest BCUT2D eigenvalue weighted by Gasteiger charge is -2.09. The van der Waals surface area contributed by atoms with E-state index in [1.807, 2.05) is 19.1 Å². The van der Waals surface area contributed by atoms with E-state index in [0.29, 0.717) is 5.69 Å². The molecule has 0 saturated heterocycles. The van der Waals surface area contributed by atoms with Crippen molar-refractivity contribution in [1.82, 2.24) is 4.98 Å². The Hall–Kier alpha value is -2.21. The molecule has 1 amide bonds. The number of anilines is 1. The van der Waals surface area contributed by atoms with Gasteiger partial charge in [-0.25, -0.2) is 9.78 Å². The molecular formula is C15H13BrN2O3. The summed E-state index contributed by atoms with van der Waals surface area (Å²) in [4.78, 5) is 27.6. The molecule has 0 spiro atoms. The number of carbonyl (C=O) groups is 2. The zero-order valence-corrected chi connectivity index (χ0v) is 13.1. The van der Waals surface area contributed by atoms with Gasteiger partial charge in [0, 0.05) is 10.2 Å². The van der Waals surface area contributed by atoms with Gasteiger partial charge in [0.15, 0.2) is 0 Å². The number of benzene rings is 1. The Kier molecular flexibility index (Phi) is 4.70. The van der Waals surface area contributed by atoms with Gasteiger partial charge in [0.25, 0.3) is 5.91 Å². The second kappa shape index (κ2) is 6.49. The zero-order valence-electron chi connectivity index (χ0n) is 11.5. The molecule has 0 bridgehead atoms. The maximum absolute atomic E-state index is 12.2. The SMILES string of the molecule is COC(=O)c1cccc(C(=O)Nc2cc(Br)ccc2C)n1. The minimum absolute atomic E-state index is 0.0936. The summed E-state index contributed by atoms with van der Waals surface area (Å²) in [6, 6.07) is 10.2. The summed E-state index contributed by atoms with van der Waals surface area (Å²) in [6.45, 7) is 1.89. The lowest BCUT2D eigenvalue weighted by molar-refractivity contribution is 0.0594. The first-order valence-electron chi connectivity index (χ1n) is 6.14. The van der Waals surface area contributed by atoms with Crippen LogP contribution in [-0.4, -0.2) is 24.0 Å². The number of pyridine rings is 1. The van der Waals surface area contributed by atoms with E-state index in [1.54, 1.807) is 12.1 Å². The fourth-order valence-electron chi connectivity index (χ4n) is 1.69. The first-order valence-corrected chi connectivity index (χ1v) is 6.93. The molecule has 1 aromatic heterocycles. The molecule has 108 valence electrons. The number of halogens is 1. The van der Waals surface area contributed by atoms with Crippen LogP contribution in [0.2, 0.25) is 0 Å². The van der Waals surface area contributed by atoms with E-state index in [1.165, 1.54) is 19.2 Å². The van der Waals surface area contributed by atoms with Gasteiger partial charge in [0.1, 0.15) is 11.4 Å². The molecule has 0 atom stereocenters. The fraction of sp³-hybridized carbons (Fsp3) is 0.133. The van der Waals surface area contributed by atoms with Crippen molar-refractivity contribution in [3.63, 3.8) is 0 Å². The second-order valence-electron chi connectivity index (χ2n) is 4.31. The minimum Gasteiger partial charge on any atom is -0.464 e. The normalized spacial score (nSPS) is 10.0. The lowest BCUT2D eigenvalue weighted by atomic mass is 10.2. The van der Waals surface area contributed by atoms with Gasteiger partial charge in [-0.2, -0.15) is 0 Å². The molecule has 0 radical (unpaired) electrons. The summed E-state index contributed by atoms with van der Waals surface area (Å²) in [5.74, 6) is -0.967. The summed E-state index contributed by atoms with van der Waals surface area (Å²) < 4.78 is 5.45. The molecule has 0 fully saturated rings. The second-order valence-corrected chi connectivity index (χ2v) is 5.23. The summed E-state index contributed by atoms with van der Waals surface area (Å²) in [6.07, 6.45) is 0. The standard InChI is InChI=1S/C15H13BrN2O3/c1-9-6-7-10(16)8-13(9)18-14(19)11-4-3-5-12(17-11)15(20)21-2/h3-8H,1-2H3,(H,18,19). The average Bonchev–Trinajstić information content (AvgIpc) is 2.50. The highest BCUT2D eigenvalue weighted by Crippen LogP contribution is 2.21. The highest BCUT2D eigenvalue weighted by molar-refractivity contribution is 9.10. The van der Waals surface area contributed by atoms with Crippen molar-refractivity contribution >= 4 is 33.5 Å². The number of esters is 1. The van der Waals surface area contributed by atoms with Crippen LogP contribution in [0.25, 0.3) is 0 Å². The highest BCUT2D eigenvalue weighted by Gasteiger charge is 2.13. The fourth-order valence-corrected chi connectivity index (χ4v) is 2.06. The third kappa shape index (κ3) is 3.66. The Morgan fingerprint density at radius 3 is 2.62 bits per heavy atom. The number of methoxy groups -OCH3 is 1. The van der Waals surface area contributed by atoms with Gasteiger partial charge in [0.05, 0.1) is 7.11 Å². The van der Waals surface area contributed by atoms with E-state index >= 15 is 0 Å². The number of hydrogen-bond donors (Lipinski definition) is 1. The van der Waals surface area contributed by atoms with Gasteiger partial charge in [-0.05, 0) is 36.8 Å². The van der Waals surface area contributed by atoms with Gasteiger partial charge in [0.2, 0.25) is 0 Å². The summed E-state index contributed by atoms with van der Waals surface area (Å²) in [5.41, 5.74) is 1.85. The van der Waals surface area contributed by atoms with E-state index in [0.717, 1.165) is 10.0 Å². The Bertz CT molecular complexity index is 701. The van der Waals surface area contributed by atoms with E-state index < -0.39 is 5.97 Å². The van der Waals surface area contributed by atoms with Crippen molar-refractivity contribution in [2.45, 2.75) is 6.92 Å². The molecule has 5 nitrogen and oxygen atoms in total. The average molecular weight is 349 g/mol.